The van der Waals surface area contributed by atoms with Gasteiger partial charge in [0.25, 0.3) is 0 Å². The van der Waals surface area contributed by atoms with Gasteiger partial charge in [0.2, 0.25) is 0 Å². The van der Waals surface area contributed by atoms with Gasteiger partial charge >= 0.3 is 6.03 Å². The van der Waals surface area contributed by atoms with Gasteiger partial charge in [-0.3, -0.25) is 0 Å². The fourth-order valence-electron chi connectivity index (χ4n) is 3.40. The molecule has 0 radical (unpaired) electrons. The summed E-state index contributed by atoms with van der Waals surface area (Å²) in [5.41, 5.74) is 7.30. The Bertz CT molecular complexity index is 1040. The van der Waals surface area contributed by atoms with E-state index in [1.807, 2.05) is 74.5 Å². The first kappa shape index (κ1) is 18.7. The van der Waals surface area contributed by atoms with Gasteiger partial charge in [0, 0.05) is 17.7 Å². The smallest absolute Gasteiger partial charge is 0.339 e. The molecular formula is C24H23N3O2. The number of hydrogen-bond donors (Lipinski definition) is 2. The van der Waals surface area contributed by atoms with Crippen molar-refractivity contribution < 1.29 is 9.53 Å². The molecule has 0 spiro atoms. The lowest BCUT2D eigenvalue weighted by atomic mass is 10.0. The second-order valence-corrected chi connectivity index (χ2v) is 7.67. The molecule has 3 aromatic carbocycles. The molecule has 2 N–H and O–H groups in total. The summed E-state index contributed by atoms with van der Waals surface area (Å²) < 4.78 is 5.85. The zero-order valence-electron chi connectivity index (χ0n) is 16.5. The molecule has 5 heteroatoms. The molecular weight excluding hydrogens is 362 g/mol. The summed E-state index contributed by atoms with van der Waals surface area (Å²) >= 11 is 0. The predicted octanol–water partition coefficient (Wildman–Crippen LogP) is 5.22. The Hall–Kier alpha value is -3.60. The van der Waals surface area contributed by atoms with Crippen LogP contribution in [0.2, 0.25) is 0 Å². The average molecular weight is 385 g/mol. The zero-order chi connectivity index (χ0) is 20.3. The number of anilines is 1. The molecule has 0 atom stereocenters. The summed E-state index contributed by atoms with van der Waals surface area (Å²) in [4.78, 5) is 12.1. The van der Waals surface area contributed by atoms with Gasteiger partial charge in [-0.25, -0.2) is 10.2 Å². The first-order chi connectivity index (χ1) is 14.0. The van der Waals surface area contributed by atoms with Crippen LogP contribution in [0.3, 0.4) is 0 Å². The maximum atomic E-state index is 12.1. The lowest BCUT2D eigenvalue weighted by Gasteiger charge is -2.16. The van der Waals surface area contributed by atoms with Gasteiger partial charge in [-0.05, 0) is 48.7 Å². The van der Waals surface area contributed by atoms with Crippen LogP contribution in [-0.2, 0) is 6.42 Å². The van der Waals surface area contributed by atoms with Crippen LogP contribution in [0.5, 0.6) is 5.75 Å². The first-order valence-corrected chi connectivity index (χ1v) is 9.56. The average Bonchev–Trinajstić information content (AvgIpc) is 3.02. The van der Waals surface area contributed by atoms with Crippen molar-refractivity contribution in [1.82, 2.24) is 5.43 Å². The SMILES string of the molecule is CC1(C)Cc2cc(NC(=O)NN=Cc3ccc(-c4ccccc4)cc3)ccc2O1. The van der Waals surface area contributed by atoms with Crippen LogP contribution in [0, 0.1) is 0 Å². The van der Waals surface area contributed by atoms with Crippen molar-refractivity contribution in [3.8, 4) is 16.9 Å². The highest BCUT2D eigenvalue weighted by Crippen LogP contribution is 2.36. The Morgan fingerprint density at radius 1 is 1.00 bits per heavy atom. The molecule has 4 rings (SSSR count). The Morgan fingerprint density at radius 2 is 1.72 bits per heavy atom. The number of benzene rings is 3. The summed E-state index contributed by atoms with van der Waals surface area (Å²) in [7, 11) is 0. The van der Waals surface area contributed by atoms with Crippen LogP contribution in [0.4, 0.5) is 10.5 Å². The third-order valence-corrected chi connectivity index (χ3v) is 4.72. The molecule has 0 unspecified atom stereocenters. The molecule has 3 aromatic rings. The molecule has 0 fully saturated rings. The van der Waals surface area contributed by atoms with Crippen molar-refractivity contribution in [3.05, 3.63) is 83.9 Å². The normalized spacial score (nSPS) is 14.3. The number of urea groups is 1. The largest absolute Gasteiger partial charge is 0.487 e. The number of amides is 2. The van der Waals surface area contributed by atoms with E-state index in [9.17, 15) is 4.79 Å². The van der Waals surface area contributed by atoms with Crippen molar-refractivity contribution in [2.75, 3.05) is 5.32 Å². The summed E-state index contributed by atoms with van der Waals surface area (Å²) in [5.74, 6) is 0.873. The summed E-state index contributed by atoms with van der Waals surface area (Å²) in [5, 5.41) is 6.82. The molecule has 29 heavy (non-hydrogen) atoms. The molecule has 0 bridgehead atoms. The van der Waals surface area contributed by atoms with E-state index in [2.05, 4.69) is 28.0 Å². The standard InChI is InChI=1S/C24H23N3O2/c1-24(2)15-20-14-21(12-13-22(20)29-24)26-23(28)27-25-16-17-8-10-19(11-9-17)18-6-4-3-5-7-18/h3-14,16H,15H2,1-2H3,(H2,26,27,28). The fourth-order valence-corrected chi connectivity index (χ4v) is 3.40. The highest BCUT2D eigenvalue weighted by molar-refractivity contribution is 5.90. The number of nitrogens with zero attached hydrogens (tertiary/aromatic N) is 1. The van der Waals surface area contributed by atoms with E-state index in [4.69, 9.17) is 4.74 Å². The van der Waals surface area contributed by atoms with Crippen LogP contribution < -0.4 is 15.5 Å². The zero-order valence-corrected chi connectivity index (χ0v) is 16.5. The minimum Gasteiger partial charge on any atom is -0.487 e. The summed E-state index contributed by atoms with van der Waals surface area (Å²) in [6.45, 7) is 4.10. The van der Waals surface area contributed by atoms with Gasteiger partial charge in [0.05, 0.1) is 6.21 Å². The molecule has 1 aliphatic heterocycles. The van der Waals surface area contributed by atoms with E-state index >= 15 is 0 Å². The lowest BCUT2D eigenvalue weighted by molar-refractivity contribution is 0.138. The third-order valence-electron chi connectivity index (χ3n) is 4.72. The Kier molecular flexibility index (Phi) is 5.04. The molecule has 0 aromatic heterocycles. The lowest BCUT2D eigenvalue weighted by Crippen LogP contribution is -2.24. The minimum absolute atomic E-state index is 0.205. The monoisotopic (exact) mass is 385 g/mol. The van der Waals surface area contributed by atoms with Crippen LogP contribution in [0.1, 0.15) is 25.0 Å². The molecule has 0 aliphatic carbocycles. The van der Waals surface area contributed by atoms with E-state index < -0.39 is 0 Å². The van der Waals surface area contributed by atoms with E-state index in [0.29, 0.717) is 5.69 Å². The Morgan fingerprint density at radius 3 is 2.48 bits per heavy atom. The van der Waals surface area contributed by atoms with Crippen LogP contribution in [0.25, 0.3) is 11.1 Å². The molecule has 1 aliphatic rings. The third kappa shape index (κ3) is 4.63. The first-order valence-electron chi connectivity index (χ1n) is 9.56. The van der Waals surface area contributed by atoms with E-state index in [1.54, 1.807) is 6.21 Å². The maximum Gasteiger partial charge on any atom is 0.339 e. The van der Waals surface area contributed by atoms with E-state index in [1.165, 1.54) is 0 Å². The van der Waals surface area contributed by atoms with Gasteiger partial charge in [-0.2, -0.15) is 5.10 Å². The number of fused-ring (bicyclic) bond motifs is 1. The van der Waals surface area contributed by atoms with Crippen LogP contribution in [0.15, 0.2) is 77.9 Å². The predicted molar refractivity (Wildman–Crippen MR) is 116 cm³/mol. The highest BCUT2D eigenvalue weighted by atomic mass is 16.5. The number of hydrazone groups is 1. The number of carbonyl (C=O) groups is 1. The van der Waals surface area contributed by atoms with Crippen LogP contribution in [-0.4, -0.2) is 17.8 Å². The second-order valence-electron chi connectivity index (χ2n) is 7.67. The molecule has 0 saturated heterocycles. The van der Waals surface area contributed by atoms with Gasteiger partial charge in [-0.15, -0.1) is 0 Å². The van der Waals surface area contributed by atoms with Crippen molar-refractivity contribution in [2.24, 2.45) is 5.10 Å². The fraction of sp³-hybridized carbons (Fsp3) is 0.167. The molecule has 146 valence electrons. The van der Waals surface area contributed by atoms with Crippen molar-refractivity contribution in [2.45, 2.75) is 25.9 Å². The van der Waals surface area contributed by atoms with E-state index in [-0.39, 0.29) is 11.6 Å². The van der Waals surface area contributed by atoms with Gasteiger partial charge in [0.15, 0.2) is 0 Å². The number of nitrogens with one attached hydrogen (secondary N) is 2. The molecule has 1 heterocycles. The summed E-state index contributed by atoms with van der Waals surface area (Å²) in [6.07, 6.45) is 2.43. The van der Waals surface area contributed by atoms with Gasteiger partial charge < -0.3 is 10.1 Å². The number of hydrogen-bond acceptors (Lipinski definition) is 3. The number of ether oxygens (including phenoxy) is 1. The molecule has 0 saturated carbocycles. The second kappa shape index (κ2) is 7.80. The summed E-state index contributed by atoms with van der Waals surface area (Å²) in [6, 6.07) is 23.4. The highest BCUT2D eigenvalue weighted by Gasteiger charge is 2.29. The topological polar surface area (TPSA) is 62.7 Å². The van der Waals surface area contributed by atoms with E-state index in [0.717, 1.165) is 34.4 Å². The van der Waals surface area contributed by atoms with Crippen molar-refractivity contribution in [1.29, 1.82) is 0 Å². The molecule has 2 amide bonds. The quantitative estimate of drug-likeness (QED) is 0.478. The Labute approximate surface area is 170 Å². The Balaban J connectivity index is 1.32. The maximum absolute atomic E-state index is 12.1. The van der Waals surface area contributed by atoms with Gasteiger partial charge in [0.1, 0.15) is 11.4 Å². The number of rotatable bonds is 4. The molecule has 5 nitrogen and oxygen atoms in total. The minimum atomic E-state index is -0.389. The number of carbonyl (C=O) groups excluding carboxylic acids is 1. The van der Waals surface area contributed by atoms with Crippen molar-refractivity contribution >= 4 is 17.9 Å². The van der Waals surface area contributed by atoms with Crippen LogP contribution >= 0.6 is 0 Å². The van der Waals surface area contributed by atoms with Gasteiger partial charge in [-0.1, -0.05) is 54.6 Å². The van der Waals surface area contributed by atoms with Crippen molar-refractivity contribution in [3.63, 3.8) is 0 Å².